The summed E-state index contributed by atoms with van der Waals surface area (Å²) in [5.41, 5.74) is 1.35. The fraction of sp³-hybridized carbons (Fsp3) is 0.267. The van der Waals surface area contributed by atoms with Crippen LogP contribution in [0.3, 0.4) is 0 Å². The fourth-order valence-corrected chi connectivity index (χ4v) is 4.11. The van der Waals surface area contributed by atoms with Crippen LogP contribution in [-0.2, 0) is 4.79 Å². The van der Waals surface area contributed by atoms with Gasteiger partial charge >= 0.3 is 0 Å². The Morgan fingerprint density at radius 1 is 0.537 bits per heavy atom. The predicted octanol–water partition coefficient (Wildman–Crippen LogP) is 4.64. The van der Waals surface area contributed by atoms with Crippen LogP contribution in [0.1, 0.15) is 21.5 Å². The van der Waals surface area contributed by atoms with Gasteiger partial charge in [-0.3, -0.25) is 9.59 Å². The molecule has 41 heavy (non-hydrogen) atoms. The summed E-state index contributed by atoms with van der Waals surface area (Å²) in [5, 5.41) is 2.76. The SMILES string of the molecule is COc1cc(C(=O)c2cc(OC)c(OC)c(OC)c2)cc(NC(=O)/C=C/c2cc(OC)c(OC)c(OC)c2)c1OC. The minimum Gasteiger partial charge on any atom is -0.493 e. The van der Waals surface area contributed by atoms with Gasteiger partial charge in [-0.2, -0.15) is 0 Å². The molecule has 0 saturated heterocycles. The number of amides is 1. The third-order valence-electron chi connectivity index (χ3n) is 6.04. The Morgan fingerprint density at radius 3 is 1.34 bits per heavy atom. The molecule has 1 N–H and O–H groups in total. The Morgan fingerprint density at radius 2 is 0.927 bits per heavy atom. The summed E-state index contributed by atoms with van der Waals surface area (Å²) in [4.78, 5) is 26.5. The first-order valence-corrected chi connectivity index (χ1v) is 12.2. The summed E-state index contributed by atoms with van der Waals surface area (Å²) >= 11 is 0. The van der Waals surface area contributed by atoms with Crippen LogP contribution in [0, 0.1) is 0 Å². The molecule has 0 aliphatic carbocycles. The van der Waals surface area contributed by atoms with Crippen LogP contribution < -0.4 is 43.2 Å². The topological polar surface area (TPSA) is 120 Å². The van der Waals surface area contributed by atoms with Gasteiger partial charge in [0.25, 0.3) is 0 Å². The Bertz CT molecular complexity index is 1400. The zero-order valence-electron chi connectivity index (χ0n) is 24.2. The lowest BCUT2D eigenvalue weighted by molar-refractivity contribution is -0.111. The highest BCUT2D eigenvalue weighted by Crippen LogP contribution is 2.41. The summed E-state index contributed by atoms with van der Waals surface area (Å²) < 4.78 is 43.1. The molecule has 0 aliphatic rings. The lowest BCUT2D eigenvalue weighted by Crippen LogP contribution is -2.11. The number of benzene rings is 3. The smallest absolute Gasteiger partial charge is 0.248 e. The van der Waals surface area contributed by atoms with Gasteiger partial charge in [0.15, 0.2) is 40.3 Å². The summed E-state index contributed by atoms with van der Waals surface area (Å²) in [5.74, 6) is 1.92. The van der Waals surface area contributed by atoms with E-state index in [9.17, 15) is 9.59 Å². The molecule has 0 aliphatic heterocycles. The molecule has 11 heteroatoms. The molecule has 0 bridgehead atoms. The van der Waals surface area contributed by atoms with E-state index in [2.05, 4.69) is 5.32 Å². The number of ether oxygens (including phenoxy) is 8. The lowest BCUT2D eigenvalue weighted by Gasteiger charge is -2.16. The minimum absolute atomic E-state index is 0.223. The third kappa shape index (κ3) is 6.57. The van der Waals surface area contributed by atoms with Gasteiger partial charge < -0.3 is 43.2 Å². The summed E-state index contributed by atoms with van der Waals surface area (Å²) in [7, 11) is 11.8. The number of hydrogen-bond donors (Lipinski definition) is 1. The largest absolute Gasteiger partial charge is 0.493 e. The Kier molecular flexibility index (Phi) is 10.3. The highest BCUT2D eigenvalue weighted by Gasteiger charge is 2.22. The Hall–Kier alpha value is -5.06. The molecule has 0 radical (unpaired) electrons. The van der Waals surface area contributed by atoms with Gasteiger partial charge in [-0.1, -0.05) is 0 Å². The van der Waals surface area contributed by atoms with Crippen molar-refractivity contribution in [1.29, 1.82) is 0 Å². The van der Waals surface area contributed by atoms with Crippen molar-refractivity contribution in [3.63, 3.8) is 0 Å². The van der Waals surface area contributed by atoms with Crippen molar-refractivity contribution >= 4 is 23.5 Å². The average Bonchev–Trinajstić information content (AvgIpc) is 3.01. The third-order valence-corrected chi connectivity index (χ3v) is 6.04. The van der Waals surface area contributed by atoms with Crippen molar-refractivity contribution < 1.29 is 47.5 Å². The molecule has 218 valence electrons. The number of carbonyl (C=O) groups excluding carboxylic acids is 2. The molecule has 0 fully saturated rings. The first-order valence-electron chi connectivity index (χ1n) is 12.2. The van der Waals surface area contributed by atoms with Gasteiger partial charge in [0, 0.05) is 17.2 Å². The molecule has 0 spiro atoms. The second-order valence-electron chi connectivity index (χ2n) is 8.28. The molecule has 3 aromatic rings. The lowest BCUT2D eigenvalue weighted by atomic mass is 10.0. The van der Waals surface area contributed by atoms with E-state index in [-0.39, 0.29) is 34.1 Å². The number of ketones is 1. The second kappa shape index (κ2) is 13.8. The van der Waals surface area contributed by atoms with E-state index in [1.165, 1.54) is 75.1 Å². The molecule has 3 aromatic carbocycles. The maximum absolute atomic E-state index is 13.6. The average molecular weight is 568 g/mol. The van der Waals surface area contributed by atoms with Crippen LogP contribution in [0.2, 0.25) is 0 Å². The van der Waals surface area contributed by atoms with Crippen molar-refractivity contribution in [1.82, 2.24) is 0 Å². The van der Waals surface area contributed by atoms with Crippen LogP contribution in [0.15, 0.2) is 42.5 Å². The van der Waals surface area contributed by atoms with E-state index in [4.69, 9.17) is 37.9 Å². The monoisotopic (exact) mass is 567 g/mol. The molecule has 3 rings (SSSR count). The highest BCUT2D eigenvalue weighted by molar-refractivity contribution is 6.11. The van der Waals surface area contributed by atoms with Crippen molar-refractivity contribution in [2.75, 3.05) is 62.2 Å². The first kappa shape index (κ1) is 30.5. The van der Waals surface area contributed by atoms with Gasteiger partial charge in [0.05, 0.1) is 62.6 Å². The number of carbonyl (C=O) groups is 2. The van der Waals surface area contributed by atoms with E-state index in [0.29, 0.717) is 40.1 Å². The van der Waals surface area contributed by atoms with Gasteiger partial charge in [-0.15, -0.1) is 0 Å². The van der Waals surface area contributed by atoms with E-state index in [1.54, 1.807) is 30.3 Å². The number of rotatable bonds is 13. The number of nitrogens with one attached hydrogen (secondary N) is 1. The van der Waals surface area contributed by atoms with Gasteiger partial charge in [0.1, 0.15) is 0 Å². The molecule has 1 amide bonds. The number of anilines is 1. The van der Waals surface area contributed by atoms with Crippen LogP contribution in [-0.4, -0.2) is 68.6 Å². The predicted molar refractivity (Wildman–Crippen MR) is 153 cm³/mol. The van der Waals surface area contributed by atoms with Crippen LogP contribution >= 0.6 is 0 Å². The summed E-state index contributed by atoms with van der Waals surface area (Å²) in [6.07, 6.45) is 2.90. The maximum Gasteiger partial charge on any atom is 0.248 e. The fourth-order valence-electron chi connectivity index (χ4n) is 4.11. The quantitative estimate of drug-likeness (QED) is 0.231. The Labute approximate surface area is 238 Å². The molecule has 0 unspecified atom stereocenters. The van der Waals surface area contributed by atoms with Crippen LogP contribution in [0.25, 0.3) is 6.08 Å². The van der Waals surface area contributed by atoms with E-state index >= 15 is 0 Å². The normalized spacial score (nSPS) is 10.5. The second-order valence-corrected chi connectivity index (χ2v) is 8.28. The number of hydrogen-bond acceptors (Lipinski definition) is 10. The van der Waals surface area contributed by atoms with Gasteiger partial charge in [0.2, 0.25) is 17.4 Å². The standard InChI is InChI=1S/C30H33NO10/c1-34-21-11-17(12-22(35-2)29(21)40-7)9-10-26(32)31-20-13-18(14-23(36-3)28(20)39-6)27(33)19-15-24(37-4)30(41-8)25(16-19)38-5/h9-16H,1-8H3,(H,31,32)/b10-9+. The Balaban J connectivity index is 1.98. The first-order chi connectivity index (χ1) is 19.8. The van der Waals surface area contributed by atoms with Crippen LogP contribution in [0.4, 0.5) is 5.69 Å². The summed E-state index contributed by atoms with van der Waals surface area (Å²) in [6.45, 7) is 0. The zero-order valence-corrected chi connectivity index (χ0v) is 24.2. The number of methoxy groups -OCH3 is 8. The molecule has 0 aromatic heterocycles. The van der Waals surface area contributed by atoms with Crippen molar-refractivity contribution in [3.05, 3.63) is 59.2 Å². The van der Waals surface area contributed by atoms with Crippen LogP contribution in [0.5, 0.6) is 46.0 Å². The molecule has 11 nitrogen and oxygen atoms in total. The van der Waals surface area contributed by atoms with E-state index in [0.717, 1.165) is 0 Å². The molecule has 0 atom stereocenters. The van der Waals surface area contributed by atoms with Crippen molar-refractivity contribution in [3.8, 4) is 46.0 Å². The van der Waals surface area contributed by atoms with Crippen molar-refractivity contribution in [2.45, 2.75) is 0 Å². The maximum atomic E-state index is 13.6. The molecule has 0 saturated carbocycles. The minimum atomic E-state index is -0.489. The van der Waals surface area contributed by atoms with Gasteiger partial charge in [-0.05, 0) is 48.0 Å². The highest BCUT2D eigenvalue weighted by atomic mass is 16.5. The van der Waals surface area contributed by atoms with Crippen molar-refractivity contribution in [2.24, 2.45) is 0 Å². The zero-order chi connectivity index (χ0) is 30.1. The molecule has 0 heterocycles. The van der Waals surface area contributed by atoms with Gasteiger partial charge in [-0.25, -0.2) is 0 Å². The molecular formula is C30H33NO10. The van der Waals surface area contributed by atoms with E-state index in [1.807, 2.05) is 0 Å². The van der Waals surface area contributed by atoms with E-state index < -0.39 is 5.91 Å². The molecular weight excluding hydrogens is 534 g/mol. The summed E-state index contributed by atoms with van der Waals surface area (Å²) in [6, 6.07) is 9.50.